The molecule has 2 fully saturated rings. The lowest BCUT2D eigenvalue weighted by Gasteiger charge is -2.38. The van der Waals surface area contributed by atoms with Crippen LogP contribution >= 0.6 is 11.3 Å². The second-order valence-corrected chi connectivity index (χ2v) is 9.50. The lowest BCUT2D eigenvalue weighted by molar-refractivity contribution is -0.138. The number of hydrogen-bond donors (Lipinski definition) is 0. The maximum Gasteiger partial charge on any atom is 0.237 e. The van der Waals surface area contributed by atoms with E-state index in [1.807, 2.05) is 11.3 Å². The molecule has 3 aliphatic rings. The van der Waals surface area contributed by atoms with Crippen LogP contribution in [0.3, 0.4) is 0 Å². The van der Waals surface area contributed by atoms with Gasteiger partial charge in [-0.25, -0.2) is 0 Å². The summed E-state index contributed by atoms with van der Waals surface area (Å²) in [6.07, 6.45) is 7.32. The highest BCUT2D eigenvalue weighted by atomic mass is 32.1. The highest BCUT2D eigenvalue weighted by Gasteiger charge is 2.33. The zero-order chi connectivity index (χ0) is 19.5. The van der Waals surface area contributed by atoms with Gasteiger partial charge in [0.2, 0.25) is 11.8 Å². The van der Waals surface area contributed by atoms with E-state index in [1.165, 1.54) is 16.9 Å². The van der Waals surface area contributed by atoms with Crippen molar-refractivity contribution in [3.8, 4) is 0 Å². The molecule has 1 aromatic heterocycles. The number of piperidine rings is 2. The van der Waals surface area contributed by atoms with Gasteiger partial charge in [-0.05, 0) is 75.0 Å². The molecular formula is C22H33N3O2S. The maximum atomic E-state index is 13.0. The van der Waals surface area contributed by atoms with E-state index < -0.39 is 0 Å². The van der Waals surface area contributed by atoms with E-state index in [-0.39, 0.29) is 17.9 Å². The topological polar surface area (TPSA) is 43.9 Å². The van der Waals surface area contributed by atoms with E-state index in [0.29, 0.717) is 12.5 Å². The molecule has 5 nitrogen and oxygen atoms in total. The number of amides is 2. The van der Waals surface area contributed by atoms with Crippen molar-refractivity contribution in [1.82, 2.24) is 14.7 Å². The summed E-state index contributed by atoms with van der Waals surface area (Å²) in [5, 5.41) is 2.16. The second-order valence-electron chi connectivity index (χ2n) is 8.50. The van der Waals surface area contributed by atoms with Crippen LogP contribution in [0.15, 0.2) is 11.4 Å². The van der Waals surface area contributed by atoms with E-state index in [4.69, 9.17) is 0 Å². The minimum Gasteiger partial charge on any atom is -0.342 e. The predicted molar refractivity (Wildman–Crippen MR) is 112 cm³/mol. The minimum absolute atomic E-state index is 0.163. The number of hydrogen-bond acceptors (Lipinski definition) is 4. The van der Waals surface area contributed by atoms with Crippen molar-refractivity contribution in [2.75, 3.05) is 39.3 Å². The molecule has 2 amide bonds. The Morgan fingerprint density at radius 1 is 1.07 bits per heavy atom. The number of carbonyl (C=O) groups excluding carboxylic acids is 2. The van der Waals surface area contributed by atoms with Gasteiger partial charge in [0, 0.05) is 30.4 Å². The van der Waals surface area contributed by atoms with Gasteiger partial charge in [0.15, 0.2) is 0 Å². The molecule has 0 bridgehead atoms. The Morgan fingerprint density at radius 3 is 2.54 bits per heavy atom. The number of fused-ring (bicyclic) bond motifs is 1. The molecule has 28 heavy (non-hydrogen) atoms. The molecule has 0 radical (unpaired) electrons. The Morgan fingerprint density at radius 2 is 1.82 bits per heavy atom. The predicted octanol–water partition coefficient (Wildman–Crippen LogP) is 3.31. The van der Waals surface area contributed by atoms with Crippen molar-refractivity contribution in [2.45, 2.75) is 57.9 Å². The van der Waals surface area contributed by atoms with Gasteiger partial charge in [0.05, 0.1) is 12.6 Å². The van der Waals surface area contributed by atoms with Crippen LogP contribution in [0.5, 0.6) is 0 Å². The van der Waals surface area contributed by atoms with Gasteiger partial charge in [-0.1, -0.05) is 6.92 Å². The van der Waals surface area contributed by atoms with Crippen LogP contribution in [0.1, 0.15) is 61.9 Å². The lowest BCUT2D eigenvalue weighted by atomic mass is 9.94. The van der Waals surface area contributed by atoms with E-state index >= 15 is 0 Å². The quantitative estimate of drug-likeness (QED) is 0.775. The third kappa shape index (κ3) is 4.13. The molecular weight excluding hydrogens is 370 g/mol. The molecule has 154 valence electrons. The first kappa shape index (κ1) is 19.9. The van der Waals surface area contributed by atoms with Gasteiger partial charge < -0.3 is 9.80 Å². The molecule has 4 rings (SSSR count). The Labute approximate surface area is 172 Å². The molecule has 0 saturated carbocycles. The largest absolute Gasteiger partial charge is 0.342 e. The maximum absolute atomic E-state index is 13.0. The van der Waals surface area contributed by atoms with Crippen molar-refractivity contribution < 1.29 is 9.59 Å². The molecule has 2 saturated heterocycles. The second kappa shape index (κ2) is 8.95. The summed E-state index contributed by atoms with van der Waals surface area (Å²) in [6.45, 7) is 7.13. The number of thiophene rings is 1. The number of carbonyl (C=O) groups is 2. The monoisotopic (exact) mass is 403 g/mol. The van der Waals surface area contributed by atoms with Gasteiger partial charge in [-0.2, -0.15) is 0 Å². The van der Waals surface area contributed by atoms with Crippen LogP contribution in [0.25, 0.3) is 0 Å². The zero-order valence-electron chi connectivity index (χ0n) is 17.1. The Bertz CT molecular complexity index is 690. The average Bonchev–Trinajstić information content (AvgIpc) is 3.22. The third-order valence-electron chi connectivity index (χ3n) is 6.77. The first-order chi connectivity index (χ1) is 13.7. The molecule has 6 heteroatoms. The highest BCUT2D eigenvalue weighted by molar-refractivity contribution is 7.10. The van der Waals surface area contributed by atoms with Gasteiger partial charge in [0.1, 0.15) is 0 Å². The van der Waals surface area contributed by atoms with E-state index in [1.54, 1.807) is 0 Å². The van der Waals surface area contributed by atoms with Gasteiger partial charge in [-0.3, -0.25) is 14.5 Å². The summed E-state index contributed by atoms with van der Waals surface area (Å²) in [5.74, 6) is 0.776. The van der Waals surface area contributed by atoms with Crippen molar-refractivity contribution in [1.29, 1.82) is 0 Å². The van der Waals surface area contributed by atoms with Crippen LogP contribution in [0.4, 0.5) is 0 Å². The van der Waals surface area contributed by atoms with Gasteiger partial charge in [-0.15, -0.1) is 11.3 Å². The smallest absolute Gasteiger partial charge is 0.237 e. The van der Waals surface area contributed by atoms with Crippen LogP contribution < -0.4 is 0 Å². The van der Waals surface area contributed by atoms with Gasteiger partial charge >= 0.3 is 0 Å². The molecule has 0 aromatic carbocycles. The fraction of sp³-hybridized carbons (Fsp3) is 0.727. The van der Waals surface area contributed by atoms with Crippen molar-refractivity contribution in [2.24, 2.45) is 5.92 Å². The molecule has 0 aliphatic carbocycles. The van der Waals surface area contributed by atoms with E-state index in [2.05, 4.69) is 33.1 Å². The summed E-state index contributed by atoms with van der Waals surface area (Å²) in [4.78, 5) is 33.7. The minimum atomic E-state index is 0.163. The fourth-order valence-electron chi connectivity index (χ4n) is 5.13. The standard InChI is InChI=1S/C22H33N3O2S/c1-2-19-18-9-15-28-20(18)8-14-25(19)21(26)16-23-12-6-17(7-13-23)22(27)24-10-4-3-5-11-24/h9,15,17,19H,2-8,10-14,16H2,1H3. The van der Waals surface area contributed by atoms with Crippen LogP contribution in [0, 0.1) is 5.92 Å². The summed E-state index contributed by atoms with van der Waals surface area (Å²) in [6, 6.07) is 2.44. The Kier molecular flexibility index (Phi) is 6.36. The molecule has 1 atom stereocenters. The fourth-order valence-corrected chi connectivity index (χ4v) is 6.06. The number of rotatable bonds is 4. The summed E-state index contributed by atoms with van der Waals surface area (Å²) >= 11 is 1.82. The molecule has 3 aliphatic heterocycles. The van der Waals surface area contributed by atoms with Crippen molar-refractivity contribution >= 4 is 23.2 Å². The average molecular weight is 404 g/mol. The molecule has 1 unspecified atom stereocenters. The number of nitrogens with zero attached hydrogens (tertiary/aromatic N) is 3. The SMILES string of the molecule is CCC1c2ccsc2CCN1C(=O)CN1CCC(C(=O)N2CCCCC2)CC1. The first-order valence-corrected chi connectivity index (χ1v) is 11.9. The van der Waals surface area contributed by atoms with Crippen molar-refractivity contribution in [3.05, 3.63) is 21.9 Å². The first-order valence-electron chi connectivity index (χ1n) is 11.0. The molecule has 4 heterocycles. The van der Waals surface area contributed by atoms with Crippen molar-refractivity contribution in [3.63, 3.8) is 0 Å². The normalized spacial score (nSPS) is 24.2. The summed E-state index contributed by atoms with van der Waals surface area (Å²) in [7, 11) is 0. The molecule has 0 spiro atoms. The number of likely N-dealkylation sites (tertiary alicyclic amines) is 2. The zero-order valence-corrected chi connectivity index (χ0v) is 17.9. The third-order valence-corrected chi connectivity index (χ3v) is 7.76. The Hall–Kier alpha value is -1.40. The highest BCUT2D eigenvalue weighted by Crippen LogP contribution is 2.35. The van der Waals surface area contributed by atoms with Crippen LogP contribution in [0.2, 0.25) is 0 Å². The van der Waals surface area contributed by atoms with Gasteiger partial charge in [0.25, 0.3) is 0 Å². The summed E-state index contributed by atoms with van der Waals surface area (Å²) < 4.78 is 0. The molecule has 1 aromatic rings. The molecule has 0 N–H and O–H groups in total. The lowest BCUT2D eigenvalue weighted by Crippen LogP contribution is -2.48. The van der Waals surface area contributed by atoms with E-state index in [0.717, 1.165) is 71.2 Å². The van der Waals surface area contributed by atoms with Crippen LogP contribution in [-0.2, 0) is 16.0 Å². The summed E-state index contributed by atoms with van der Waals surface area (Å²) in [5.41, 5.74) is 1.36. The van der Waals surface area contributed by atoms with Crippen LogP contribution in [-0.4, -0.2) is 65.8 Å². The Balaban J connectivity index is 1.29. The van der Waals surface area contributed by atoms with E-state index in [9.17, 15) is 9.59 Å².